The summed E-state index contributed by atoms with van der Waals surface area (Å²) in [6.45, 7) is 6.23. The Morgan fingerprint density at radius 1 is 1.30 bits per heavy atom. The summed E-state index contributed by atoms with van der Waals surface area (Å²) in [5.74, 6) is -0.105. The van der Waals surface area contributed by atoms with Crippen molar-refractivity contribution in [1.29, 1.82) is 0 Å². The summed E-state index contributed by atoms with van der Waals surface area (Å²) in [5, 5.41) is 10.6. The fourth-order valence-corrected chi connectivity index (χ4v) is 3.02. The number of carbonyl (C=O) groups excluding carboxylic acids is 1. The van der Waals surface area contributed by atoms with Crippen molar-refractivity contribution in [3.05, 3.63) is 0 Å². The number of aliphatic hydroxyl groups is 1. The van der Waals surface area contributed by atoms with Gasteiger partial charge in [-0.25, -0.2) is 0 Å². The lowest BCUT2D eigenvalue weighted by atomic mass is 9.78. The highest BCUT2D eigenvalue weighted by Crippen LogP contribution is 2.33. The Morgan fingerprint density at radius 3 is 2.50 bits per heavy atom. The van der Waals surface area contributed by atoms with E-state index >= 15 is 0 Å². The van der Waals surface area contributed by atoms with Crippen LogP contribution in [0, 0.1) is 5.92 Å². The van der Waals surface area contributed by atoms with Crippen LogP contribution >= 0.6 is 0 Å². The molecule has 20 heavy (non-hydrogen) atoms. The van der Waals surface area contributed by atoms with Gasteiger partial charge >= 0.3 is 5.97 Å². The molecule has 1 rings (SSSR count). The van der Waals surface area contributed by atoms with Crippen molar-refractivity contribution < 1.29 is 14.6 Å². The minimum Gasteiger partial charge on any atom is -0.466 e. The van der Waals surface area contributed by atoms with Crippen LogP contribution in [0.1, 0.15) is 58.8 Å². The smallest absolute Gasteiger partial charge is 0.308 e. The lowest BCUT2D eigenvalue weighted by Gasteiger charge is -2.37. The van der Waals surface area contributed by atoms with Crippen molar-refractivity contribution in [2.24, 2.45) is 5.92 Å². The average molecular weight is 285 g/mol. The van der Waals surface area contributed by atoms with Gasteiger partial charge in [-0.2, -0.15) is 0 Å². The molecule has 0 atom stereocenters. The van der Waals surface area contributed by atoms with Crippen LogP contribution in [0.4, 0.5) is 0 Å². The fraction of sp³-hybridized carbons (Fsp3) is 0.938. The molecule has 0 aromatic rings. The predicted molar refractivity (Wildman–Crippen MR) is 80.6 cm³/mol. The summed E-state index contributed by atoms with van der Waals surface area (Å²) >= 11 is 0. The Kier molecular flexibility index (Phi) is 7.52. The molecule has 0 aromatic heterocycles. The summed E-state index contributed by atoms with van der Waals surface area (Å²) in [4.78, 5) is 13.9. The molecule has 0 aromatic carbocycles. The quantitative estimate of drug-likeness (QED) is 0.550. The second kappa shape index (κ2) is 8.63. The van der Waals surface area contributed by atoms with E-state index in [1.165, 1.54) is 19.3 Å². The first kappa shape index (κ1) is 17.4. The van der Waals surface area contributed by atoms with E-state index in [0.29, 0.717) is 26.0 Å². The van der Waals surface area contributed by atoms with E-state index in [4.69, 9.17) is 4.74 Å². The van der Waals surface area contributed by atoms with Gasteiger partial charge in [0, 0.05) is 6.54 Å². The molecule has 1 N–H and O–H groups in total. The molecule has 118 valence electrons. The van der Waals surface area contributed by atoms with E-state index in [9.17, 15) is 9.90 Å². The summed E-state index contributed by atoms with van der Waals surface area (Å²) in [6.07, 6.45) is 6.56. The average Bonchev–Trinajstić information content (AvgIpc) is 2.39. The summed E-state index contributed by atoms with van der Waals surface area (Å²) < 4.78 is 5.07. The van der Waals surface area contributed by atoms with Crippen molar-refractivity contribution in [3.63, 3.8) is 0 Å². The van der Waals surface area contributed by atoms with Gasteiger partial charge in [0.25, 0.3) is 0 Å². The molecular weight excluding hydrogens is 254 g/mol. The van der Waals surface area contributed by atoms with Crippen LogP contribution in [0.15, 0.2) is 0 Å². The maximum absolute atomic E-state index is 11.7. The van der Waals surface area contributed by atoms with Crippen molar-refractivity contribution in [3.8, 4) is 0 Å². The summed E-state index contributed by atoms with van der Waals surface area (Å²) in [5.41, 5.74) is -0.621. The number of carbonyl (C=O) groups is 1. The molecule has 1 saturated carbocycles. The molecule has 1 aliphatic rings. The monoisotopic (exact) mass is 285 g/mol. The zero-order chi connectivity index (χ0) is 15.0. The first-order valence-electron chi connectivity index (χ1n) is 8.08. The molecule has 4 heteroatoms. The largest absolute Gasteiger partial charge is 0.466 e. The normalized spacial score (nSPS) is 26.8. The second-order valence-electron chi connectivity index (χ2n) is 6.20. The summed E-state index contributed by atoms with van der Waals surface area (Å²) in [7, 11) is 2.07. The Labute approximate surface area is 123 Å². The van der Waals surface area contributed by atoms with Crippen molar-refractivity contribution in [2.45, 2.75) is 64.4 Å². The van der Waals surface area contributed by atoms with Gasteiger partial charge in [-0.15, -0.1) is 0 Å². The molecule has 4 nitrogen and oxygen atoms in total. The molecule has 0 amide bonds. The Hall–Kier alpha value is -0.610. The Morgan fingerprint density at radius 2 is 1.95 bits per heavy atom. The second-order valence-corrected chi connectivity index (χ2v) is 6.20. The molecule has 0 radical (unpaired) electrons. The standard InChI is InChI=1S/C16H31NO3/c1-4-6-7-12-17(3)13-16(19)10-8-14(9-11-16)15(18)20-5-2/h14,19H,4-13H2,1-3H3. The number of nitrogens with zero attached hydrogens (tertiary/aromatic N) is 1. The van der Waals surface area contributed by atoms with Crippen LogP contribution in [-0.2, 0) is 9.53 Å². The van der Waals surface area contributed by atoms with Crippen LogP contribution in [-0.4, -0.2) is 48.3 Å². The molecule has 1 fully saturated rings. The maximum atomic E-state index is 11.7. The molecule has 0 spiro atoms. The van der Waals surface area contributed by atoms with Gasteiger partial charge in [0.15, 0.2) is 0 Å². The number of likely N-dealkylation sites (N-methyl/N-ethyl adjacent to an activating group) is 1. The van der Waals surface area contributed by atoms with Crippen LogP contribution in [0.5, 0.6) is 0 Å². The van der Waals surface area contributed by atoms with Crippen molar-refractivity contribution >= 4 is 5.97 Å². The van der Waals surface area contributed by atoms with Gasteiger partial charge in [0.2, 0.25) is 0 Å². The Bertz CT molecular complexity index is 285. The topological polar surface area (TPSA) is 49.8 Å². The lowest BCUT2D eigenvalue weighted by Crippen LogP contribution is -2.45. The Balaban J connectivity index is 2.32. The molecular formula is C16H31NO3. The van der Waals surface area contributed by atoms with E-state index < -0.39 is 5.60 Å². The third-order valence-electron chi connectivity index (χ3n) is 4.24. The fourth-order valence-electron chi connectivity index (χ4n) is 3.02. The SMILES string of the molecule is CCCCCN(C)CC1(O)CCC(C(=O)OCC)CC1. The van der Waals surface area contributed by atoms with E-state index in [0.717, 1.165) is 19.4 Å². The van der Waals surface area contributed by atoms with E-state index in [2.05, 4.69) is 18.9 Å². The lowest BCUT2D eigenvalue weighted by molar-refractivity contribution is -0.151. The first-order chi connectivity index (χ1) is 9.50. The number of esters is 1. The van der Waals surface area contributed by atoms with Gasteiger partial charge < -0.3 is 14.7 Å². The highest BCUT2D eigenvalue weighted by atomic mass is 16.5. The molecule has 1 aliphatic carbocycles. The third kappa shape index (κ3) is 5.80. The zero-order valence-corrected chi connectivity index (χ0v) is 13.4. The van der Waals surface area contributed by atoms with Gasteiger partial charge in [0.05, 0.1) is 18.1 Å². The predicted octanol–water partition coefficient (Wildman–Crippen LogP) is 2.59. The number of rotatable bonds is 8. The number of unbranched alkanes of at least 4 members (excludes halogenated alkanes) is 2. The number of ether oxygens (including phenoxy) is 1. The van der Waals surface area contributed by atoms with E-state index in [1.807, 2.05) is 6.92 Å². The van der Waals surface area contributed by atoms with Gasteiger partial charge in [-0.1, -0.05) is 19.8 Å². The first-order valence-corrected chi connectivity index (χ1v) is 8.08. The highest BCUT2D eigenvalue weighted by molar-refractivity contribution is 5.72. The molecule has 0 bridgehead atoms. The van der Waals surface area contributed by atoms with Gasteiger partial charge in [-0.3, -0.25) is 4.79 Å². The van der Waals surface area contributed by atoms with Crippen LogP contribution in [0.3, 0.4) is 0 Å². The third-order valence-corrected chi connectivity index (χ3v) is 4.24. The van der Waals surface area contributed by atoms with E-state index in [-0.39, 0.29) is 11.9 Å². The zero-order valence-electron chi connectivity index (χ0n) is 13.4. The minimum atomic E-state index is -0.621. The van der Waals surface area contributed by atoms with Crippen LogP contribution in [0.25, 0.3) is 0 Å². The highest BCUT2D eigenvalue weighted by Gasteiger charge is 2.36. The number of hydrogen-bond acceptors (Lipinski definition) is 4. The molecule has 0 unspecified atom stereocenters. The van der Waals surface area contributed by atoms with Gasteiger partial charge in [-0.05, 0) is 52.6 Å². The number of hydrogen-bond donors (Lipinski definition) is 1. The minimum absolute atomic E-state index is 0.0133. The van der Waals surface area contributed by atoms with Crippen LogP contribution in [0.2, 0.25) is 0 Å². The summed E-state index contributed by atoms with van der Waals surface area (Å²) in [6, 6.07) is 0. The maximum Gasteiger partial charge on any atom is 0.308 e. The van der Waals surface area contributed by atoms with Crippen molar-refractivity contribution in [2.75, 3.05) is 26.7 Å². The van der Waals surface area contributed by atoms with Gasteiger partial charge in [0.1, 0.15) is 0 Å². The molecule has 0 heterocycles. The van der Waals surface area contributed by atoms with Crippen molar-refractivity contribution in [1.82, 2.24) is 4.90 Å². The molecule has 0 aliphatic heterocycles. The molecule has 0 saturated heterocycles. The van der Waals surface area contributed by atoms with Crippen LogP contribution < -0.4 is 0 Å². The van der Waals surface area contributed by atoms with E-state index in [1.54, 1.807) is 0 Å².